The molecule has 3 rings (SSSR count). The Morgan fingerprint density at radius 1 is 1.20 bits per heavy atom. The summed E-state index contributed by atoms with van der Waals surface area (Å²) in [7, 11) is 1.72. The zero-order chi connectivity index (χ0) is 14.6. The highest BCUT2D eigenvalue weighted by atomic mass is 16.4. The van der Waals surface area contributed by atoms with Gasteiger partial charge >= 0.3 is 11.9 Å². The van der Waals surface area contributed by atoms with E-state index >= 15 is 0 Å². The van der Waals surface area contributed by atoms with Gasteiger partial charge in [-0.25, -0.2) is 14.6 Å². The average molecular weight is 273 g/mol. The normalized spacial score (nSPS) is 11.3. The summed E-state index contributed by atoms with van der Waals surface area (Å²) in [5.41, 5.74) is 1.87. The second-order valence-electron chi connectivity index (χ2n) is 4.55. The number of benzene rings is 1. The highest BCUT2D eigenvalue weighted by Gasteiger charge is 2.21. The van der Waals surface area contributed by atoms with Crippen LogP contribution in [-0.4, -0.2) is 36.1 Å². The van der Waals surface area contributed by atoms with Crippen molar-refractivity contribution in [3.8, 4) is 0 Å². The summed E-state index contributed by atoms with van der Waals surface area (Å²) in [5, 5.41) is 18.3. The highest BCUT2D eigenvalue weighted by Crippen LogP contribution is 2.23. The second kappa shape index (κ2) is 3.83. The van der Waals surface area contributed by atoms with Crippen LogP contribution in [0.3, 0.4) is 0 Å². The first-order valence-electron chi connectivity index (χ1n) is 5.86. The molecule has 7 heteroatoms. The van der Waals surface area contributed by atoms with E-state index in [4.69, 9.17) is 5.11 Å². The van der Waals surface area contributed by atoms with Gasteiger partial charge in [0.15, 0.2) is 5.69 Å². The standard InChI is InChI=1S/C13H11N3O4/c1-6-10(12(19)20)16-9-4-3-7(11(17)18)5-8(9)14-13(16)15(6)2/h3-5H,1-2H3,(H,17,18)(H,19,20). The molecule has 0 amide bonds. The minimum Gasteiger partial charge on any atom is -0.478 e. The molecule has 3 aromatic rings. The SMILES string of the molecule is Cc1c(C(=O)O)n2c3ccc(C(=O)O)cc3nc2n1C. The lowest BCUT2D eigenvalue weighted by atomic mass is 10.2. The Morgan fingerprint density at radius 3 is 2.50 bits per heavy atom. The van der Waals surface area contributed by atoms with Gasteiger partial charge in [0.1, 0.15) is 0 Å². The van der Waals surface area contributed by atoms with Gasteiger partial charge in [-0.3, -0.25) is 4.40 Å². The molecule has 0 saturated heterocycles. The van der Waals surface area contributed by atoms with Crippen molar-refractivity contribution in [2.45, 2.75) is 6.92 Å². The van der Waals surface area contributed by atoms with E-state index in [9.17, 15) is 14.7 Å². The number of aromatic carboxylic acids is 2. The smallest absolute Gasteiger partial charge is 0.354 e. The summed E-state index contributed by atoms with van der Waals surface area (Å²) < 4.78 is 3.20. The van der Waals surface area contributed by atoms with Gasteiger partial charge in [0.05, 0.1) is 16.6 Å². The fraction of sp³-hybridized carbons (Fsp3) is 0.154. The van der Waals surface area contributed by atoms with Crippen molar-refractivity contribution in [1.82, 2.24) is 14.0 Å². The lowest BCUT2D eigenvalue weighted by Gasteiger charge is -1.98. The zero-order valence-electron chi connectivity index (χ0n) is 10.8. The lowest BCUT2D eigenvalue weighted by Crippen LogP contribution is -2.04. The molecular weight excluding hydrogens is 262 g/mol. The summed E-state index contributed by atoms with van der Waals surface area (Å²) >= 11 is 0. The van der Waals surface area contributed by atoms with Crippen LogP contribution < -0.4 is 0 Å². The first-order valence-corrected chi connectivity index (χ1v) is 5.86. The third-order valence-electron chi connectivity index (χ3n) is 3.46. The Balaban J connectivity index is 2.47. The third kappa shape index (κ3) is 1.43. The number of nitrogens with zero attached hydrogens (tertiary/aromatic N) is 3. The van der Waals surface area contributed by atoms with Crippen molar-refractivity contribution in [3.05, 3.63) is 35.2 Å². The Morgan fingerprint density at radius 2 is 1.90 bits per heavy atom. The van der Waals surface area contributed by atoms with E-state index in [1.165, 1.54) is 16.5 Å². The number of carboxylic acid groups (broad SMARTS) is 2. The van der Waals surface area contributed by atoms with Crippen molar-refractivity contribution in [2.75, 3.05) is 0 Å². The van der Waals surface area contributed by atoms with E-state index in [-0.39, 0.29) is 11.3 Å². The molecule has 20 heavy (non-hydrogen) atoms. The molecule has 0 aliphatic carbocycles. The molecule has 7 nitrogen and oxygen atoms in total. The first-order chi connectivity index (χ1) is 9.41. The lowest BCUT2D eigenvalue weighted by molar-refractivity contribution is 0.0681. The maximum Gasteiger partial charge on any atom is 0.354 e. The summed E-state index contributed by atoms with van der Waals surface area (Å²) in [6.07, 6.45) is 0. The number of carbonyl (C=O) groups is 2. The van der Waals surface area contributed by atoms with Crippen LogP contribution in [0, 0.1) is 6.92 Å². The fourth-order valence-corrected chi connectivity index (χ4v) is 2.37. The molecule has 1 aromatic carbocycles. The number of carboxylic acids is 2. The van der Waals surface area contributed by atoms with E-state index in [1.54, 1.807) is 24.6 Å². The zero-order valence-corrected chi connectivity index (χ0v) is 10.8. The van der Waals surface area contributed by atoms with E-state index in [0.29, 0.717) is 22.5 Å². The Kier molecular flexibility index (Phi) is 2.34. The number of rotatable bonds is 2. The molecule has 0 bridgehead atoms. The predicted octanol–water partition coefficient (Wildman–Crippen LogP) is 1.53. The molecule has 0 radical (unpaired) electrons. The topological polar surface area (TPSA) is 96.8 Å². The molecule has 0 fully saturated rings. The Labute approximate surface area is 112 Å². The molecule has 2 aromatic heterocycles. The quantitative estimate of drug-likeness (QED) is 0.738. The molecule has 2 heterocycles. The van der Waals surface area contributed by atoms with E-state index in [2.05, 4.69) is 4.98 Å². The van der Waals surface area contributed by atoms with Crippen molar-refractivity contribution < 1.29 is 19.8 Å². The molecule has 0 unspecified atom stereocenters. The maximum atomic E-state index is 11.4. The van der Waals surface area contributed by atoms with Crippen LogP contribution in [0.1, 0.15) is 26.5 Å². The molecule has 102 valence electrons. The molecule has 0 aliphatic heterocycles. The van der Waals surface area contributed by atoms with Crippen LogP contribution in [0.4, 0.5) is 0 Å². The monoisotopic (exact) mass is 273 g/mol. The average Bonchev–Trinajstić information content (AvgIpc) is 2.86. The van der Waals surface area contributed by atoms with Crippen LogP contribution >= 0.6 is 0 Å². The van der Waals surface area contributed by atoms with Gasteiger partial charge in [-0.15, -0.1) is 0 Å². The Bertz CT molecular complexity index is 888. The van der Waals surface area contributed by atoms with Gasteiger partial charge < -0.3 is 14.8 Å². The van der Waals surface area contributed by atoms with Crippen LogP contribution in [0.15, 0.2) is 18.2 Å². The van der Waals surface area contributed by atoms with E-state index in [0.717, 1.165) is 0 Å². The number of aryl methyl sites for hydroxylation is 1. The summed E-state index contributed by atoms with van der Waals surface area (Å²) in [4.78, 5) is 26.7. The summed E-state index contributed by atoms with van der Waals surface area (Å²) in [6.45, 7) is 1.70. The van der Waals surface area contributed by atoms with Gasteiger partial charge in [0.25, 0.3) is 0 Å². The van der Waals surface area contributed by atoms with Gasteiger partial charge in [0, 0.05) is 12.7 Å². The van der Waals surface area contributed by atoms with Crippen LogP contribution in [0.2, 0.25) is 0 Å². The number of hydrogen-bond acceptors (Lipinski definition) is 3. The molecule has 0 aliphatic rings. The third-order valence-corrected chi connectivity index (χ3v) is 3.46. The minimum absolute atomic E-state index is 0.120. The van der Waals surface area contributed by atoms with Crippen LogP contribution in [0.5, 0.6) is 0 Å². The number of imidazole rings is 2. The molecule has 2 N–H and O–H groups in total. The summed E-state index contributed by atoms with van der Waals surface area (Å²) in [6, 6.07) is 4.45. The molecular formula is C13H11N3O4. The highest BCUT2D eigenvalue weighted by molar-refractivity contribution is 5.96. The number of hydrogen-bond donors (Lipinski definition) is 2. The van der Waals surface area contributed by atoms with Gasteiger partial charge in [-0.2, -0.15) is 0 Å². The van der Waals surface area contributed by atoms with Gasteiger partial charge in [-0.1, -0.05) is 0 Å². The minimum atomic E-state index is -1.05. The summed E-state index contributed by atoms with van der Waals surface area (Å²) in [5.74, 6) is -1.62. The Hall–Kier alpha value is -2.83. The van der Waals surface area contributed by atoms with Crippen LogP contribution in [-0.2, 0) is 7.05 Å². The van der Waals surface area contributed by atoms with Crippen molar-refractivity contribution in [1.29, 1.82) is 0 Å². The molecule has 0 spiro atoms. The molecule has 0 saturated carbocycles. The maximum absolute atomic E-state index is 11.4. The van der Waals surface area contributed by atoms with Gasteiger partial charge in [0.2, 0.25) is 5.78 Å². The van der Waals surface area contributed by atoms with E-state index < -0.39 is 11.9 Å². The van der Waals surface area contributed by atoms with Crippen molar-refractivity contribution in [3.63, 3.8) is 0 Å². The van der Waals surface area contributed by atoms with Gasteiger partial charge in [-0.05, 0) is 25.1 Å². The second-order valence-corrected chi connectivity index (χ2v) is 4.55. The largest absolute Gasteiger partial charge is 0.478 e. The fourth-order valence-electron chi connectivity index (χ4n) is 2.37. The molecule has 0 atom stereocenters. The van der Waals surface area contributed by atoms with Crippen molar-refractivity contribution in [2.24, 2.45) is 7.05 Å². The van der Waals surface area contributed by atoms with Crippen LogP contribution in [0.25, 0.3) is 16.8 Å². The van der Waals surface area contributed by atoms with Crippen molar-refractivity contribution >= 4 is 28.7 Å². The number of aromatic nitrogens is 3. The van der Waals surface area contributed by atoms with E-state index in [1.807, 2.05) is 0 Å². The predicted molar refractivity (Wildman–Crippen MR) is 70.3 cm³/mol. The number of fused-ring (bicyclic) bond motifs is 3. The first kappa shape index (κ1) is 12.2.